The molecule has 19 heavy (non-hydrogen) atoms. The quantitative estimate of drug-likeness (QED) is 0.601. The van der Waals surface area contributed by atoms with Gasteiger partial charge in [0.1, 0.15) is 0 Å². The summed E-state index contributed by atoms with van der Waals surface area (Å²) in [7, 11) is 1.83. The van der Waals surface area contributed by atoms with Gasteiger partial charge in [0.25, 0.3) is 0 Å². The maximum absolute atomic E-state index is 6.09. The van der Waals surface area contributed by atoms with Gasteiger partial charge in [-0.1, -0.05) is 0 Å². The predicted octanol–water partition coefficient (Wildman–Crippen LogP) is 1.02. The fourth-order valence-corrected chi connectivity index (χ4v) is 2.43. The van der Waals surface area contributed by atoms with Crippen LogP contribution >= 0.6 is 0 Å². The molecule has 1 saturated carbocycles. The Bertz CT molecular complexity index is 476. The molecule has 3 rings (SSSR count). The van der Waals surface area contributed by atoms with Gasteiger partial charge in [0.2, 0.25) is 0 Å². The highest BCUT2D eigenvalue weighted by molar-refractivity contribution is 6.61. The van der Waals surface area contributed by atoms with Gasteiger partial charge in [0.05, 0.1) is 29.4 Å². The Morgan fingerprint density at radius 2 is 1.84 bits per heavy atom. The molecule has 0 spiro atoms. The molecule has 4 nitrogen and oxygen atoms in total. The Balaban J connectivity index is 1.80. The number of rotatable bonds is 3. The van der Waals surface area contributed by atoms with Gasteiger partial charge < -0.3 is 9.31 Å². The summed E-state index contributed by atoms with van der Waals surface area (Å²) in [6.45, 7) is 9.47. The molecule has 1 aliphatic carbocycles. The molecule has 1 aromatic heterocycles. The van der Waals surface area contributed by atoms with Crippen LogP contribution in [0.4, 0.5) is 0 Å². The second-order valence-corrected chi connectivity index (χ2v) is 6.99. The summed E-state index contributed by atoms with van der Waals surface area (Å²) in [5.41, 5.74) is 0.575. The molecule has 0 atom stereocenters. The van der Waals surface area contributed by atoms with Gasteiger partial charge in [-0.3, -0.25) is 0 Å². The number of aryl methyl sites for hydroxylation is 1. The minimum Gasteiger partial charge on any atom is -0.399 e. The number of hydrogen-bond donors (Lipinski definition) is 0. The highest BCUT2D eigenvalue weighted by Crippen LogP contribution is 2.36. The maximum Gasteiger partial charge on any atom is 0.502 e. The highest BCUT2D eigenvalue weighted by atomic mass is 16.7. The molecule has 1 saturated heterocycles. The topological polar surface area (TPSA) is 27.3 Å². The van der Waals surface area contributed by atoms with Gasteiger partial charge >= 0.3 is 7.12 Å². The maximum atomic E-state index is 6.09. The van der Waals surface area contributed by atoms with Crippen LogP contribution < -0.4 is 10.1 Å². The summed E-state index contributed by atoms with van der Waals surface area (Å²) in [6, 6.07) is 0. The van der Waals surface area contributed by atoms with E-state index in [0.29, 0.717) is 0 Å². The van der Waals surface area contributed by atoms with Crippen LogP contribution in [0.25, 0.3) is 0 Å². The van der Waals surface area contributed by atoms with Gasteiger partial charge in [0.15, 0.2) is 13.2 Å². The van der Waals surface area contributed by atoms with Crippen molar-refractivity contribution in [3.8, 4) is 0 Å². The monoisotopic (exact) mass is 263 g/mol. The van der Waals surface area contributed by atoms with Crippen LogP contribution in [-0.2, 0) is 22.9 Å². The van der Waals surface area contributed by atoms with Crippen molar-refractivity contribution in [2.45, 2.75) is 58.3 Å². The van der Waals surface area contributed by atoms with Crippen molar-refractivity contribution in [3.05, 3.63) is 12.4 Å². The second kappa shape index (κ2) is 4.09. The Morgan fingerprint density at radius 3 is 2.37 bits per heavy atom. The number of aromatic nitrogens is 2. The molecule has 2 heterocycles. The zero-order chi connectivity index (χ0) is 13.8. The van der Waals surface area contributed by atoms with E-state index in [1.807, 2.05) is 0 Å². The SMILES string of the molecule is C[n+]1cc(B2OC(C)(C)C(C)(C)O2)cn1CC1CC1. The summed E-state index contributed by atoms with van der Waals surface area (Å²) in [6.07, 6.45) is 7.01. The first-order chi connectivity index (χ1) is 8.78. The smallest absolute Gasteiger partial charge is 0.399 e. The number of hydrogen-bond acceptors (Lipinski definition) is 2. The fraction of sp³-hybridized carbons (Fsp3) is 0.786. The minimum atomic E-state index is -0.269. The van der Waals surface area contributed by atoms with Crippen LogP contribution in [0.1, 0.15) is 40.5 Å². The third-order valence-electron chi connectivity index (χ3n) is 4.71. The van der Waals surface area contributed by atoms with E-state index < -0.39 is 0 Å². The predicted molar refractivity (Wildman–Crippen MR) is 74.0 cm³/mol. The van der Waals surface area contributed by atoms with Crippen molar-refractivity contribution in [1.29, 1.82) is 0 Å². The molecule has 0 unspecified atom stereocenters. The third-order valence-corrected chi connectivity index (χ3v) is 4.71. The molecule has 0 N–H and O–H groups in total. The van der Waals surface area contributed by atoms with Crippen LogP contribution in [-0.4, -0.2) is 23.0 Å². The van der Waals surface area contributed by atoms with Crippen molar-refractivity contribution in [1.82, 2.24) is 4.68 Å². The standard InChI is InChI=1S/C14H24BN2O2/c1-13(2)14(3,4)19-15(18-13)12-9-16(5)17(10-12)8-11-6-7-11/h9-11H,6-8H2,1-5H3/q+1. The molecular formula is C14H24BN2O2+. The van der Waals surface area contributed by atoms with Crippen LogP contribution in [0.5, 0.6) is 0 Å². The van der Waals surface area contributed by atoms with Gasteiger partial charge in [-0.05, 0) is 46.5 Å². The summed E-state index contributed by atoms with van der Waals surface area (Å²) < 4.78 is 16.6. The van der Waals surface area contributed by atoms with E-state index in [9.17, 15) is 0 Å². The summed E-state index contributed by atoms with van der Waals surface area (Å²) in [4.78, 5) is 0. The Morgan fingerprint density at radius 1 is 1.26 bits per heavy atom. The summed E-state index contributed by atoms with van der Waals surface area (Å²) >= 11 is 0. The van der Waals surface area contributed by atoms with E-state index in [1.54, 1.807) is 0 Å². The lowest BCUT2D eigenvalue weighted by molar-refractivity contribution is -0.753. The van der Waals surface area contributed by atoms with Crippen LogP contribution in [0, 0.1) is 5.92 Å². The Labute approximate surface area is 115 Å². The first kappa shape index (κ1) is 13.2. The Kier molecular flexibility index (Phi) is 2.84. The van der Waals surface area contributed by atoms with E-state index in [-0.39, 0.29) is 18.3 Å². The van der Waals surface area contributed by atoms with Crippen molar-refractivity contribution >= 4 is 12.6 Å². The first-order valence-corrected chi connectivity index (χ1v) is 7.20. The summed E-state index contributed by atoms with van der Waals surface area (Å²) in [5, 5.41) is 0. The lowest BCUT2D eigenvalue weighted by atomic mass is 9.82. The van der Waals surface area contributed by atoms with Gasteiger partial charge in [0, 0.05) is 0 Å². The van der Waals surface area contributed by atoms with Gasteiger partial charge in [-0.2, -0.15) is 4.68 Å². The minimum absolute atomic E-state index is 0.253. The number of nitrogens with zero attached hydrogens (tertiary/aromatic N) is 2. The molecule has 1 aromatic rings. The molecule has 104 valence electrons. The molecule has 1 aliphatic heterocycles. The normalized spacial score (nSPS) is 25.0. The third kappa shape index (κ3) is 2.34. The van der Waals surface area contributed by atoms with Gasteiger partial charge in [-0.15, -0.1) is 4.68 Å². The van der Waals surface area contributed by atoms with Crippen molar-refractivity contribution in [2.75, 3.05) is 0 Å². The lowest BCUT2D eigenvalue weighted by Crippen LogP contribution is -2.41. The largest absolute Gasteiger partial charge is 0.502 e. The fourth-order valence-electron chi connectivity index (χ4n) is 2.43. The highest BCUT2D eigenvalue weighted by Gasteiger charge is 2.52. The molecular weight excluding hydrogens is 239 g/mol. The zero-order valence-electron chi connectivity index (χ0n) is 12.6. The van der Waals surface area contributed by atoms with E-state index in [1.165, 1.54) is 12.8 Å². The molecule has 0 amide bonds. The van der Waals surface area contributed by atoms with E-state index in [2.05, 4.69) is 56.5 Å². The van der Waals surface area contributed by atoms with Crippen LogP contribution in [0.3, 0.4) is 0 Å². The van der Waals surface area contributed by atoms with E-state index in [0.717, 1.165) is 17.9 Å². The second-order valence-electron chi connectivity index (χ2n) is 6.99. The molecule has 5 heteroatoms. The van der Waals surface area contributed by atoms with Crippen molar-refractivity contribution in [3.63, 3.8) is 0 Å². The van der Waals surface area contributed by atoms with Crippen LogP contribution in [0.2, 0.25) is 0 Å². The molecule has 0 bridgehead atoms. The van der Waals surface area contributed by atoms with Gasteiger partial charge in [-0.25, -0.2) is 0 Å². The summed E-state index contributed by atoms with van der Waals surface area (Å²) in [5.74, 6) is 0.866. The van der Waals surface area contributed by atoms with Crippen molar-refractivity contribution in [2.24, 2.45) is 13.0 Å². The first-order valence-electron chi connectivity index (χ1n) is 7.20. The Hall–Kier alpha value is -0.805. The van der Waals surface area contributed by atoms with Crippen molar-refractivity contribution < 1.29 is 14.0 Å². The molecule has 0 aromatic carbocycles. The lowest BCUT2D eigenvalue weighted by Gasteiger charge is -2.32. The van der Waals surface area contributed by atoms with Crippen LogP contribution in [0.15, 0.2) is 12.4 Å². The molecule has 2 fully saturated rings. The average molecular weight is 263 g/mol. The molecule has 0 radical (unpaired) electrons. The van der Waals surface area contributed by atoms with E-state index >= 15 is 0 Å². The zero-order valence-corrected chi connectivity index (χ0v) is 12.6. The molecule has 2 aliphatic rings. The average Bonchev–Trinajstić information content (AvgIpc) is 2.96. The van der Waals surface area contributed by atoms with E-state index in [4.69, 9.17) is 9.31 Å².